The van der Waals surface area contributed by atoms with Crippen LogP contribution in [0.1, 0.15) is 15.2 Å². The van der Waals surface area contributed by atoms with E-state index in [1.807, 2.05) is 0 Å². The predicted octanol–water partition coefficient (Wildman–Crippen LogP) is 3.09. The molecule has 4 heteroatoms. The van der Waals surface area contributed by atoms with Gasteiger partial charge in [0.15, 0.2) is 0 Å². The second-order valence-electron chi connectivity index (χ2n) is 1.84. The lowest BCUT2D eigenvalue weighted by Crippen LogP contribution is -1.84. The van der Waals surface area contributed by atoms with Crippen LogP contribution in [0, 0.1) is 6.92 Å². The molecule has 0 N–H and O–H groups in total. The van der Waals surface area contributed by atoms with Crippen molar-refractivity contribution < 1.29 is 4.79 Å². The topological polar surface area (TPSA) is 17.1 Å². The van der Waals surface area contributed by atoms with Crippen LogP contribution in [-0.4, -0.2) is 5.24 Å². The molecule has 0 fully saturated rings. The van der Waals surface area contributed by atoms with Gasteiger partial charge in [-0.2, -0.15) is 0 Å². The molecular weight excluding hydrogens is 191 g/mol. The van der Waals surface area contributed by atoms with Crippen molar-refractivity contribution in [3.05, 3.63) is 20.8 Å². The normalized spacial score (nSPS) is 9.90. The molecule has 0 aliphatic rings. The number of hydrogen-bond donors (Lipinski definition) is 0. The van der Waals surface area contributed by atoms with Gasteiger partial charge < -0.3 is 0 Å². The smallest absolute Gasteiger partial charge is 0.262 e. The summed E-state index contributed by atoms with van der Waals surface area (Å²) in [6, 6.07) is 1.72. The van der Waals surface area contributed by atoms with E-state index < -0.39 is 5.24 Å². The molecule has 1 nitrogen and oxygen atoms in total. The van der Waals surface area contributed by atoms with Gasteiger partial charge in [-0.1, -0.05) is 11.6 Å². The minimum Gasteiger partial charge on any atom is -0.275 e. The summed E-state index contributed by atoms with van der Waals surface area (Å²) in [6.07, 6.45) is 0. The summed E-state index contributed by atoms with van der Waals surface area (Å²) in [4.78, 5) is 11.1. The molecule has 1 heterocycles. The Bertz CT molecular complexity index is 267. The van der Waals surface area contributed by atoms with Crippen molar-refractivity contribution in [1.82, 2.24) is 0 Å². The molecule has 0 bridgehead atoms. The van der Waals surface area contributed by atoms with Crippen LogP contribution in [0.2, 0.25) is 4.34 Å². The van der Waals surface area contributed by atoms with Gasteiger partial charge in [0.1, 0.15) is 0 Å². The maximum Gasteiger partial charge on any atom is 0.262 e. The molecule has 0 radical (unpaired) electrons. The molecule has 0 aromatic carbocycles. The average molecular weight is 195 g/mol. The first-order chi connectivity index (χ1) is 4.61. The summed E-state index contributed by atoms with van der Waals surface area (Å²) >= 11 is 12.1. The van der Waals surface area contributed by atoms with E-state index in [0.29, 0.717) is 9.21 Å². The number of hydrogen-bond acceptors (Lipinski definition) is 2. The standard InChI is InChI=1S/C6H4Cl2OS/c1-3-2-4(7)10-5(3)6(8)9/h2H,1H3. The van der Waals surface area contributed by atoms with Crippen LogP contribution in [0.15, 0.2) is 6.07 Å². The van der Waals surface area contributed by atoms with Gasteiger partial charge >= 0.3 is 0 Å². The van der Waals surface area contributed by atoms with Gasteiger partial charge in [-0.05, 0) is 30.2 Å². The summed E-state index contributed by atoms with van der Waals surface area (Å²) in [6.45, 7) is 1.80. The first-order valence-electron chi connectivity index (χ1n) is 2.57. The first-order valence-corrected chi connectivity index (χ1v) is 4.14. The van der Waals surface area contributed by atoms with Crippen molar-refractivity contribution in [3.8, 4) is 0 Å². The van der Waals surface area contributed by atoms with Crippen molar-refractivity contribution in [3.63, 3.8) is 0 Å². The molecule has 0 aliphatic heterocycles. The van der Waals surface area contributed by atoms with E-state index in [-0.39, 0.29) is 0 Å². The second-order valence-corrected chi connectivity index (χ2v) is 3.86. The molecule has 54 valence electrons. The molecule has 0 atom stereocenters. The van der Waals surface area contributed by atoms with Gasteiger partial charge in [0, 0.05) is 0 Å². The fourth-order valence-corrected chi connectivity index (χ4v) is 2.03. The van der Waals surface area contributed by atoms with Crippen molar-refractivity contribution in [2.24, 2.45) is 0 Å². The van der Waals surface area contributed by atoms with Crippen LogP contribution in [0.25, 0.3) is 0 Å². The first kappa shape index (κ1) is 8.05. The minimum atomic E-state index is -0.436. The maximum atomic E-state index is 10.6. The Kier molecular flexibility index (Phi) is 2.34. The number of halogens is 2. The predicted molar refractivity (Wildman–Crippen MR) is 44.2 cm³/mol. The van der Waals surface area contributed by atoms with E-state index in [1.165, 1.54) is 11.3 Å². The van der Waals surface area contributed by atoms with Crippen molar-refractivity contribution >= 4 is 39.8 Å². The molecule has 1 rings (SSSR count). The summed E-state index contributed by atoms with van der Waals surface area (Å²) < 4.78 is 0.599. The molecule has 0 saturated carbocycles. The highest BCUT2D eigenvalue weighted by molar-refractivity contribution is 7.19. The number of carbonyl (C=O) groups is 1. The maximum absolute atomic E-state index is 10.6. The summed E-state index contributed by atoms with van der Waals surface area (Å²) in [5, 5.41) is -0.436. The Balaban J connectivity index is 3.15. The molecule has 1 aromatic heterocycles. The lowest BCUT2D eigenvalue weighted by atomic mass is 10.3. The Morgan fingerprint density at radius 3 is 2.50 bits per heavy atom. The van der Waals surface area contributed by atoms with Gasteiger partial charge in [0.2, 0.25) is 0 Å². The fourth-order valence-electron chi connectivity index (χ4n) is 0.638. The van der Waals surface area contributed by atoms with Crippen LogP contribution in [0.3, 0.4) is 0 Å². The third-order valence-electron chi connectivity index (χ3n) is 1.07. The van der Waals surface area contributed by atoms with Crippen molar-refractivity contribution in [2.75, 3.05) is 0 Å². The highest BCUT2D eigenvalue weighted by atomic mass is 35.5. The van der Waals surface area contributed by atoms with Crippen molar-refractivity contribution in [1.29, 1.82) is 0 Å². The highest BCUT2D eigenvalue weighted by Crippen LogP contribution is 2.27. The molecule has 0 amide bonds. The molecule has 1 aromatic rings. The quantitative estimate of drug-likeness (QED) is 0.629. The monoisotopic (exact) mass is 194 g/mol. The van der Waals surface area contributed by atoms with Crippen LogP contribution in [0.4, 0.5) is 0 Å². The molecule has 0 aliphatic carbocycles. The van der Waals surface area contributed by atoms with Gasteiger partial charge in [0.05, 0.1) is 9.21 Å². The molecule has 10 heavy (non-hydrogen) atoms. The van der Waals surface area contributed by atoms with Crippen LogP contribution < -0.4 is 0 Å². The zero-order valence-electron chi connectivity index (χ0n) is 5.15. The Morgan fingerprint density at radius 2 is 2.30 bits per heavy atom. The number of thiophene rings is 1. The van der Waals surface area contributed by atoms with Gasteiger partial charge in [0.25, 0.3) is 5.24 Å². The van der Waals surface area contributed by atoms with E-state index in [4.69, 9.17) is 23.2 Å². The average Bonchev–Trinajstić information content (AvgIpc) is 2.10. The second kappa shape index (κ2) is 2.91. The molecule has 0 unspecified atom stereocenters. The molecule has 0 spiro atoms. The Hall–Kier alpha value is -0.0500. The van der Waals surface area contributed by atoms with Crippen LogP contribution in [-0.2, 0) is 0 Å². The van der Waals surface area contributed by atoms with E-state index in [9.17, 15) is 4.79 Å². The van der Waals surface area contributed by atoms with Gasteiger partial charge in [-0.25, -0.2) is 0 Å². The van der Waals surface area contributed by atoms with Crippen LogP contribution >= 0.6 is 34.5 Å². The van der Waals surface area contributed by atoms with E-state index >= 15 is 0 Å². The molecular formula is C6H4Cl2OS. The summed E-state index contributed by atoms with van der Waals surface area (Å²) in [7, 11) is 0. The van der Waals surface area contributed by atoms with E-state index in [0.717, 1.165) is 5.56 Å². The molecule has 0 saturated heterocycles. The Morgan fingerprint density at radius 1 is 1.70 bits per heavy atom. The summed E-state index contributed by atoms with van der Waals surface area (Å²) in [5.74, 6) is 0. The van der Waals surface area contributed by atoms with Gasteiger partial charge in [-0.3, -0.25) is 4.79 Å². The SMILES string of the molecule is Cc1cc(Cl)sc1C(=O)Cl. The lowest BCUT2D eigenvalue weighted by Gasteiger charge is -1.85. The largest absolute Gasteiger partial charge is 0.275 e. The third-order valence-corrected chi connectivity index (χ3v) is 2.73. The Labute approximate surface area is 72.6 Å². The number of carbonyl (C=O) groups excluding carboxylic acids is 1. The highest BCUT2D eigenvalue weighted by Gasteiger charge is 2.09. The van der Waals surface area contributed by atoms with Crippen molar-refractivity contribution in [2.45, 2.75) is 6.92 Å². The zero-order valence-corrected chi connectivity index (χ0v) is 7.48. The van der Waals surface area contributed by atoms with Crippen LogP contribution in [0.5, 0.6) is 0 Å². The zero-order chi connectivity index (χ0) is 7.72. The number of aryl methyl sites for hydroxylation is 1. The lowest BCUT2D eigenvalue weighted by molar-refractivity contribution is 0.108. The van der Waals surface area contributed by atoms with E-state index in [2.05, 4.69) is 0 Å². The number of rotatable bonds is 1. The third kappa shape index (κ3) is 1.51. The van der Waals surface area contributed by atoms with E-state index in [1.54, 1.807) is 13.0 Å². The van der Waals surface area contributed by atoms with Gasteiger partial charge in [-0.15, -0.1) is 11.3 Å². The summed E-state index contributed by atoms with van der Waals surface area (Å²) in [5.41, 5.74) is 0.843. The fraction of sp³-hybridized carbons (Fsp3) is 0.167. The minimum absolute atomic E-state index is 0.436.